The van der Waals surface area contributed by atoms with Crippen LogP contribution in [0.15, 0.2) is 42.7 Å². The number of ether oxygens (including phenoxy) is 1. The maximum atomic E-state index is 14.0. The number of pyridine rings is 1. The summed E-state index contributed by atoms with van der Waals surface area (Å²) in [7, 11) is 1.48. The number of rotatable bonds is 5. The van der Waals surface area contributed by atoms with E-state index < -0.39 is 0 Å². The van der Waals surface area contributed by atoms with Gasteiger partial charge < -0.3 is 9.64 Å². The third-order valence-electron chi connectivity index (χ3n) is 6.41. The molecule has 0 aliphatic carbocycles. The number of carbonyl (C=O) groups is 1. The molecule has 2 aliphatic rings. The number of likely N-dealkylation sites (tertiary alicyclic amines) is 2. The Morgan fingerprint density at radius 3 is 2.52 bits per heavy atom. The van der Waals surface area contributed by atoms with E-state index in [1.54, 1.807) is 24.5 Å². The van der Waals surface area contributed by atoms with Gasteiger partial charge in [0, 0.05) is 38.4 Å². The molecule has 6 heteroatoms. The second-order valence-electron chi connectivity index (χ2n) is 8.35. The number of benzene rings is 1. The zero-order valence-corrected chi connectivity index (χ0v) is 16.9. The first kappa shape index (κ1) is 19.8. The first-order valence-corrected chi connectivity index (χ1v) is 10.3. The number of nitrogens with zero attached hydrogens (tertiary/aromatic N) is 3. The second kappa shape index (κ2) is 8.49. The highest BCUT2D eigenvalue weighted by molar-refractivity contribution is 5.77. The standard InChI is InChI=1S/C23H28FN3O2/c1-29-21-3-2-19(14-20(21)24)15-26-12-8-23(9-13-26)7-4-22(28)27(17-23)16-18-5-10-25-11-6-18/h2-3,5-6,10-11,14H,4,7-9,12-13,15-17H2,1H3. The highest BCUT2D eigenvalue weighted by Crippen LogP contribution is 2.41. The lowest BCUT2D eigenvalue weighted by atomic mass is 9.72. The molecule has 0 bridgehead atoms. The predicted octanol–water partition coefficient (Wildman–Crippen LogP) is 3.63. The summed E-state index contributed by atoms with van der Waals surface area (Å²) in [5, 5.41) is 0. The SMILES string of the molecule is COc1ccc(CN2CCC3(CCC(=O)N(Cc4ccncc4)C3)CC2)cc1F. The Kier molecular flexibility index (Phi) is 5.81. The molecule has 1 spiro atoms. The maximum Gasteiger partial charge on any atom is 0.222 e. The molecule has 1 aromatic heterocycles. The van der Waals surface area contributed by atoms with Crippen LogP contribution in [-0.2, 0) is 17.9 Å². The molecule has 0 radical (unpaired) electrons. The van der Waals surface area contributed by atoms with E-state index in [2.05, 4.69) is 9.88 Å². The van der Waals surface area contributed by atoms with E-state index in [4.69, 9.17) is 4.74 Å². The Morgan fingerprint density at radius 2 is 1.83 bits per heavy atom. The fourth-order valence-corrected chi connectivity index (χ4v) is 4.62. The number of hydrogen-bond acceptors (Lipinski definition) is 4. The zero-order valence-electron chi connectivity index (χ0n) is 16.9. The third-order valence-corrected chi connectivity index (χ3v) is 6.41. The molecule has 2 aromatic rings. The van der Waals surface area contributed by atoms with Crippen molar-refractivity contribution in [3.63, 3.8) is 0 Å². The minimum absolute atomic E-state index is 0.211. The lowest BCUT2D eigenvalue weighted by Crippen LogP contribution is -2.51. The zero-order chi connectivity index (χ0) is 20.3. The highest BCUT2D eigenvalue weighted by atomic mass is 19.1. The normalized spacial score (nSPS) is 19.5. The summed E-state index contributed by atoms with van der Waals surface area (Å²) >= 11 is 0. The van der Waals surface area contributed by atoms with Gasteiger partial charge in [0.15, 0.2) is 11.6 Å². The highest BCUT2D eigenvalue weighted by Gasteiger charge is 2.40. The molecule has 29 heavy (non-hydrogen) atoms. The van der Waals surface area contributed by atoms with Crippen LogP contribution in [0.5, 0.6) is 5.75 Å². The van der Waals surface area contributed by atoms with Crippen molar-refractivity contribution < 1.29 is 13.9 Å². The number of halogens is 1. The van der Waals surface area contributed by atoms with Gasteiger partial charge in [0.2, 0.25) is 5.91 Å². The van der Waals surface area contributed by atoms with Gasteiger partial charge in [0.05, 0.1) is 7.11 Å². The topological polar surface area (TPSA) is 45.7 Å². The largest absolute Gasteiger partial charge is 0.494 e. The van der Waals surface area contributed by atoms with E-state index in [1.807, 2.05) is 23.1 Å². The van der Waals surface area contributed by atoms with E-state index in [1.165, 1.54) is 7.11 Å². The first-order valence-electron chi connectivity index (χ1n) is 10.3. The van der Waals surface area contributed by atoms with Crippen LogP contribution in [0.3, 0.4) is 0 Å². The van der Waals surface area contributed by atoms with Crippen molar-refractivity contribution in [3.05, 3.63) is 59.7 Å². The molecule has 3 heterocycles. The Labute approximate surface area is 171 Å². The van der Waals surface area contributed by atoms with Crippen molar-refractivity contribution in [2.75, 3.05) is 26.7 Å². The number of amides is 1. The summed E-state index contributed by atoms with van der Waals surface area (Å²) in [6.07, 6.45) is 7.32. The number of piperidine rings is 2. The van der Waals surface area contributed by atoms with Crippen LogP contribution < -0.4 is 4.74 Å². The fourth-order valence-electron chi connectivity index (χ4n) is 4.62. The van der Waals surface area contributed by atoms with Gasteiger partial charge in [-0.25, -0.2) is 4.39 Å². The number of methoxy groups -OCH3 is 1. The molecular weight excluding hydrogens is 369 g/mol. The van der Waals surface area contributed by atoms with E-state index in [9.17, 15) is 9.18 Å². The molecule has 2 aliphatic heterocycles. The van der Waals surface area contributed by atoms with Gasteiger partial charge in [-0.1, -0.05) is 6.07 Å². The summed E-state index contributed by atoms with van der Waals surface area (Å²) < 4.78 is 19.0. The third kappa shape index (κ3) is 4.58. The Bertz CT molecular complexity index is 850. The minimum Gasteiger partial charge on any atom is -0.494 e. The summed E-state index contributed by atoms with van der Waals surface area (Å²) in [6.45, 7) is 4.20. The smallest absolute Gasteiger partial charge is 0.222 e. The van der Waals surface area contributed by atoms with Crippen LogP contribution in [0.2, 0.25) is 0 Å². The molecule has 0 atom stereocenters. The number of aromatic nitrogens is 1. The molecule has 4 rings (SSSR count). The van der Waals surface area contributed by atoms with Gasteiger partial charge in [0.1, 0.15) is 0 Å². The first-order chi connectivity index (χ1) is 14.1. The monoisotopic (exact) mass is 397 g/mol. The second-order valence-corrected chi connectivity index (χ2v) is 8.35. The van der Waals surface area contributed by atoms with Crippen LogP contribution >= 0.6 is 0 Å². The van der Waals surface area contributed by atoms with Crippen molar-refractivity contribution in [2.45, 2.75) is 38.8 Å². The summed E-state index contributed by atoms with van der Waals surface area (Å²) in [6, 6.07) is 9.15. The number of carbonyl (C=O) groups excluding carboxylic acids is 1. The molecule has 1 aromatic carbocycles. The van der Waals surface area contributed by atoms with Gasteiger partial charge in [-0.15, -0.1) is 0 Å². The molecule has 0 unspecified atom stereocenters. The molecule has 1 amide bonds. The van der Waals surface area contributed by atoms with Gasteiger partial charge in [-0.05, 0) is 73.2 Å². The lowest BCUT2D eigenvalue weighted by molar-refractivity contribution is -0.140. The molecule has 2 fully saturated rings. The molecule has 0 saturated carbocycles. The van der Waals surface area contributed by atoms with Gasteiger partial charge in [0.25, 0.3) is 0 Å². The van der Waals surface area contributed by atoms with E-state index in [0.717, 1.165) is 56.6 Å². The van der Waals surface area contributed by atoms with Gasteiger partial charge >= 0.3 is 0 Å². The molecule has 154 valence electrons. The Hall–Kier alpha value is -2.47. The lowest BCUT2D eigenvalue weighted by Gasteiger charge is -2.47. The van der Waals surface area contributed by atoms with Crippen molar-refractivity contribution in [1.82, 2.24) is 14.8 Å². The summed E-state index contributed by atoms with van der Waals surface area (Å²) in [5.74, 6) is 0.229. The van der Waals surface area contributed by atoms with Crippen molar-refractivity contribution in [1.29, 1.82) is 0 Å². The molecule has 0 N–H and O–H groups in total. The average Bonchev–Trinajstić information content (AvgIpc) is 2.74. The maximum absolute atomic E-state index is 14.0. The van der Waals surface area contributed by atoms with E-state index >= 15 is 0 Å². The van der Waals surface area contributed by atoms with E-state index in [0.29, 0.717) is 13.0 Å². The van der Waals surface area contributed by atoms with Crippen molar-refractivity contribution >= 4 is 5.91 Å². The van der Waals surface area contributed by atoms with Crippen LogP contribution in [-0.4, -0.2) is 47.4 Å². The minimum atomic E-state index is -0.309. The quantitative estimate of drug-likeness (QED) is 0.773. The van der Waals surface area contributed by atoms with E-state index in [-0.39, 0.29) is 22.9 Å². The van der Waals surface area contributed by atoms with Crippen molar-refractivity contribution in [2.24, 2.45) is 5.41 Å². The molecule has 5 nitrogen and oxygen atoms in total. The Balaban J connectivity index is 1.35. The van der Waals surface area contributed by atoms with Gasteiger partial charge in [-0.2, -0.15) is 0 Å². The molecular formula is C23H28FN3O2. The number of hydrogen-bond donors (Lipinski definition) is 0. The van der Waals surface area contributed by atoms with Gasteiger partial charge in [-0.3, -0.25) is 14.7 Å². The van der Waals surface area contributed by atoms with Crippen LogP contribution in [0.4, 0.5) is 4.39 Å². The average molecular weight is 397 g/mol. The predicted molar refractivity (Wildman–Crippen MR) is 109 cm³/mol. The molecule has 2 saturated heterocycles. The van der Waals surface area contributed by atoms with Crippen molar-refractivity contribution in [3.8, 4) is 5.75 Å². The Morgan fingerprint density at radius 1 is 1.07 bits per heavy atom. The summed E-state index contributed by atoms with van der Waals surface area (Å²) in [5.41, 5.74) is 2.31. The fraction of sp³-hybridized carbons (Fsp3) is 0.478. The van der Waals surface area contributed by atoms with Crippen LogP contribution in [0, 0.1) is 11.2 Å². The summed E-state index contributed by atoms with van der Waals surface area (Å²) in [4.78, 5) is 20.9. The van der Waals surface area contributed by atoms with Crippen LogP contribution in [0.25, 0.3) is 0 Å². The van der Waals surface area contributed by atoms with Crippen LogP contribution in [0.1, 0.15) is 36.8 Å².